The van der Waals surface area contributed by atoms with E-state index in [2.05, 4.69) is 0 Å². The maximum Gasteiger partial charge on any atom is 0.251 e. The van der Waals surface area contributed by atoms with Gasteiger partial charge in [0.25, 0.3) is 5.91 Å². The van der Waals surface area contributed by atoms with E-state index in [0.717, 1.165) is 5.56 Å². The summed E-state index contributed by atoms with van der Waals surface area (Å²) in [6, 6.07) is 11.4. The van der Waals surface area contributed by atoms with E-state index in [9.17, 15) is 18.0 Å². The fourth-order valence-corrected chi connectivity index (χ4v) is 6.00. The summed E-state index contributed by atoms with van der Waals surface area (Å²) in [7, 11) is -3.61. The topological polar surface area (TPSA) is 78.0 Å². The van der Waals surface area contributed by atoms with Gasteiger partial charge in [-0.2, -0.15) is 4.31 Å². The number of benzene rings is 2. The zero-order valence-electron chi connectivity index (χ0n) is 17.4. The fraction of sp³-hybridized carbons (Fsp3) is 0.364. The van der Waals surface area contributed by atoms with Crippen molar-refractivity contribution < 1.29 is 18.0 Å². The summed E-state index contributed by atoms with van der Waals surface area (Å²) in [6.45, 7) is 4.98. The molecule has 2 aliphatic rings. The Balaban J connectivity index is 1.46. The minimum absolute atomic E-state index is 0.0885. The minimum Gasteiger partial charge on any atom is -0.289 e. The van der Waals surface area contributed by atoms with Gasteiger partial charge in [-0.15, -0.1) is 0 Å². The molecule has 0 aliphatic carbocycles. The van der Waals surface area contributed by atoms with Crippen LogP contribution in [0.15, 0.2) is 47.4 Å². The standard InChI is InChI=1S/C22H24ClN3O4S/c1-15-3-4-16(2)20(13-15)31(29,30)25-11-9-24(10-12-25)19-14-21(27)26(22(19)28)18-7-5-17(23)6-8-18/h3-8,13,19H,9-12,14H2,1-2H3/t19-/m0/s1. The van der Waals surface area contributed by atoms with Crippen molar-refractivity contribution in [3.8, 4) is 0 Å². The van der Waals surface area contributed by atoms with Crippen molar-refractivity contribution >= 4 is 39.1 Å². The maximum atomic E-state index is 13.1. The number of nitrogens with zero attached hydrogens (tertiary/aromatic N) is 3. The number of hydrogen-bond acceptors (Lipinski definition) is 5. The molecule has 1 atom stereocenters. The molecule has 2 heterocycles. The predicted molar refractivity (Wildman–Crippen MR) is 119 cm³/mol. The van der Waals surface area contributed by atoms with Gasteiger partial charge in [-0.1, -0.05) is 23.7 Å². The number of rotatable bonds is 4. The van der Waals surface area contributed by atoms with Gasteiger partial charge in [-0.25, -0.2) is 13.3 Å². The Morgan fingerprint density at radius 3 is 2.23 bits per heavy atom. The molecular weight excluding hydrogens is 438 g/mol. The van der Waals surface area contributed by atoms with E-state index in [0.29, 0.717) is 34.3 Å². The van der Waals surface area contributed by atoms with Gasteiger partial charge in [-0.3, -0.25) is 14.5 Å². The average Bonchev–Trinajstić information content (AvgIpc) is 3.04. The second-order valence-electron chi connectivity index (χ2n) is 7.97. The van der Waals surface area contributed by atoms with Gasteiger partial charge < -0.3 is 0 Å². The predicted octanol–water partition coefficient (Wildman–Crippen LogP) is 2.60. The van der Waals surface area contributed by atoms with Crippen molar-refractivity contribution in [2.45, 2.75) is 31.2 Å². The van der Waals surface area contributed by atoms with Gasteiger partial charge in [-0.05, 0) is 55.3 Å². The Bertz CT molecular complexity index is 1130. The first kappa shape index (κ1) is 22.0. The highest BCUT2D eigenvalue weighted by atomic mass is 35.5. The van der Waals surface area contributed by atoms with Crippen LogP contribution in [0.2, 0.25) is 5.02 Å². The molecule has 2 saturated heterocycles. The average molecular weight is 462 g/mol. The highest BCUT2D eigenvalue weighted by Crippen LogP contribution is 2.28. The summed E-state index contributed by atoms with van der Waals surface area (Å²) in [5.41, 5.74) is 2.10. The molecule has 0 spiro atoms. The molecule has 0 saturated carbocycles. The van der Waals surface area contributed by atoms with Gasteiger partial charge >= 0.3 is 0 Å². The second-order valence-corrected chi connectivity index (χ2v) is 10.3. The van der Waals surface area contributed by atoms with Crippen LogP contribution in [-0.4, -0.2) is 61.7 Å². The van der Waals surface area contributed by atoms with Crippen molar-refractivity contribution in [1.82, 2.24) is 9.21 Å². The lowest BCUT2D eigenvalue weighted by molar-refractivity contribution is -0.123. The molecule has 2 aromatic rings. The smallest absolute Gasteiger partial charge is 0.251 e. The van der Waals surface area contributed by atoms with E-state index in [1.807, 2.05) is 24.0 Å². The van der Waals surface area contributed by atoms with E-state index in [1.165, 1.54) is 9.21 Å². The number of hydrogen-bond donors (Lipinski definition) is 0. The van der Waals surface area contributed by atoms with E-state index in [1.54, 1.807) is 37.3 Å². The minimum atomic E-state index is -3.61. The van der Waals surface area contributed by atoms with Crippen LogP contribution < -0.4 is 4.90 Å². The van der Waals surface area contributed by atoms with E-state index in [-0.39, 0.29) is 31.3 Å². The number of halogens is 1. The molecule has 2 fully saturated rings. The summed E-state index contributed by atoms with van der Waals surface area (Å²) in [5, 5.41) is 0.528. The molecule has 0 unspecified atom stereocenters. The van der Waals surface area contributed by atoms with Gasteiger partial charge in [0.05, 0.1) is 23.0 Å². The van der Waals surface area contributed by atoms with E-state index >= 15 is 0 Å². The number of imide groups is 1. The van der Waals surface area contributed by atoms with Gasteiger partial charge in [0.2, 0.25) is 15.9 Å². The van der Waals surface area contributed by atoms with Crippen LogP contribution in [0.5, 0.6) is 0 Å². The molecule has 0 aromatic heterocycles. The quantitative estimate of drug-likeness (QED) is 0.654. The number of amides is 2. The summed E-state index contributed by atoms with van der Waals surface area (Å²) in [5.74, 6) is -0.541. The fourth-order valence-electron chi connectivity index (χ4n) is 4.14. The number of anilines is 1. The van der Waals surface area contributed by atoms with Crippen LogP contribution in [0.3, 0.4) is 0 Å². The summed E-state index contributed by atoms with van der Waals surface area (Å²) < 4.78 is 27.7. The zero-order chi connectivity index (χ0) is 22.3. The Hall–Kier alpha value is -2.26. The number of carbonyl (C=O) groups is 2. The molecule has 0 radical (unpaired) electrons. The third kappa shape index (κ3) is 4.13. The molecule has 0 N–H and O–H groups in total. The van der Waals surface area contributed by atoms with Crippen molar-refractivity contribution in [3.63, 3.8) is 0 Å². The molecule has 2 amide bonds. The lowest BCUT2D eigenvalue weighted by Crippen LogP contribution is -2.53. The van der Waals surface area contributed by atoms with Crippen LogP contribution in [0, 0.1) is 13.8 Å². The Morgan fingerprint density at radius 2 is 1.58 bits per heavy atom. The largest absolute Gasteiger partial charge is 0.289 e. The van der Waals surface area contributed by atoms with Crippen LogP contribution >= 0.6 is 11.6 Å². The molecular formula is C22H24ClN3O4S. The van der Waals surface area contributed by atoms with Crippen molar-refractivity contribution in [2.75, 3.05) is 31.1 Å². The number of carbonyl (C=O) groups excluding carboxylic acids is 2. The highest BCUT2D eigenvalue weighted by molar-refractivity contribution is 7.89. The number of sulfonamides is 1. The third-order valence-electron chi connectivity index (χ3n) is 5.88. The molecule has 7 nitrogen and oxygen atoms in total. The molecule has 0 bridgehead atoms. The third-order valence-corrected chi connectivity index (χ3v) is 8.18. The Kier molecular flexibility index (Phi) is 5.91. The highest BCUT2D eigenvalue weighted by Gasteiger charge is 2.44. The van der Waals surface area contributed by atoms with Gasteiger partial charge in [0.15, 0.2) is 0 Å². The molecule has 4 rings (SSSR count). The first-order valence-electron chi connectivity index (χ1n) is 10.1. The number of piperazine rings is 1. The zero-order valence-corrected chi connectivity index (χ0v) is 19.0. The van der Waals surface area contributed by atoms with Crippen LogP contribution in [-0.2, 0) is 19.6 Å². The van der Waals surface area contributed by atoms with E-state index in [4.69, 9.17) is 11.6 Å². The molecule has 2 aliphatic heterocycles. The normalized spacial score (nSPS) is 21.1. The summed E-state index contributed by atoms with van der Waals surface area (Å²) in [4.78, 5) is 28.9. The maximum absolute atomic E-state index is 13.1. The molecule has 164 valence electrons. The van der Waals surface area contributed by atoms with Crippen LogP contribution in [0.1, 0.15) is 17.5 Å². The lowest BCUT2D eigenvalue weighted by Gasteiger charge is -2.36. The lowest BCUT2D eigenvalue weighted by atomic mass is 10.2. The first-order chi connectivity index (χ1) is 14.7. The molecule has 9 heteroatoms. The van der Waals surface area contributed by atoms with Crippen LogP contribution in [0.25, 0.3) is 0 Å². The van der Waals surface area contributed by atoms with Crippen LogP contribution in [0.4, 0.5) is 5.69 Å². The molecule has 31 heavy (non-hydrogen) atoms. The van der Waals surface area contributed by atoms with E-state index < -0.39 is 16.1 Å². The summed E-state index contributed by atoms with van der Waals surface area (Å²) >= 11 is 5.90. The Labute approximate surface area is 187 Å². The van der Waals surface area contributed by atoms with Gasteiger partial charge in [0.1, 0.15) is 0 Å². The van der Waals surface area contributed by atoms with Crippen molar-refractivity contribution in [1.29, 1.82) is 0 Å². The monoisotopic (exact) mass is 461 g/mol. The summed E-state index contributed by atoms with van der Waals surface area (Å²) in [6.07, 6.45) is 0.0885. The SMILES string of the molecule is Cc1ccc(C)c(S(=O)(=O)N2CCN([C@H]3CC(=O)N(c4ccc(Cl)cc4)C3=O)CC2)c1. The van der Waals surface area contributed by atoms with Gasteiger partial charge in [0, 0.05) is 31.2 Å². The second kappa shape index (κ2) is 8.35. The van der Waals surface area contributed by atoms with Crippen molar-refractivity contribution in [2.24, 2.45) is 0 Å². The van der Waals surface area contributed by atoms with Crippen molar-refractivity contribution in [3.05, 3.63) is 58.6 Å². The number of aryl methyl sites for hydroxylation is 2. The molecule has 2 aromatic carbocycles. The Morgan fingerprint density at radius 1 is 0.935 bits per heavy atom. The first-order valence-corrected chi connectivity index (χ1v) is 11.9.